The Bertz CT molecular complexity index is 1710. The van der Waals surface area contributed by atoms with Crippen LogP contribution in [0.1, 0.15) is 46.6 Å². The lowest BCUT2D eigenvalue weighted by molar-refractivity contribution is -0.0592. The van der Waals surface area contributed by atoms with E-state index in [-0.39, 0.29) is 23.8 Å². The maximum Gasteiger partial charge on any atom is 0.335 e. The molecule has 3 aromatic carbocycles. The van der Waals surface area contributed by atoms with Crippen molar-refractivity contribution < 1.29 is 23.8 Å². The summed E-state index contributed by atoms with van der Waals surface area (Å²) in [7, 11) is 0. The van der Waals surface area contributed by atoms with Crippen molar-refractivity contribution in [2.75, 3.05) is 24.6 Å². The van der Waals surface area contributed by atoms with Crippen molar-refractivity contribution in [2.45, 2.75) is 57.1 Å². The molecule has 3 aliphatic rings. The van der Waals surface area contributed by atoms with E-state index in [1.807, 2.05) is 24.3 Å². The molecule has 4 aromatic rings. The second-order valence-electron chi connectivity index (χ2n) is 11.6. The van der Waals surface area contributed by atoms with Gasteiger partial charge in [-0.05, 0) is 61.7 Å². The van der Waals surface area contributed by atoms with Crippen molar-refractivity contribution in [2.24, 2.45) is 0 Å². The molecular formula is C33H32FN5O4. The minimum absolute atomic E-state index is 0.0753. The fraction of sp³-hybridized carbons (Fsp3) is 0.364. The summed E-state index contributed by atoms with van der Waals surface area (Å²) < 4.78 is 28.5. The molecule has 1 N–H and O–H groups in total. The Morgan fingerprint density at radius 3 is 2.58 bits per heavy atom. The van der Waals surface area contributed by atoms with Gasteiger partial charge in [-0.3, -0.25) is 4.90 Å². The van der Waals surface area contributed by atoms with Gasteiger partial charge in [-0.15, -0.1) is 0 Å². The molecule has 3 fully saturated rings. The maximum absolute atomic E-state index is 14.5. The lowest BCUT2D eigenvalue weighted by Crippen LogP contribution is -2.53. The zero-order chi connectivity index (χ0) is 29.5. The Hall–Kier alpha value is -4.46. The standard InChI is InChI=1S/C33H32FN5O4/c34-27-13-21(15-35)5-6-23(27)20-43-31-4-2-1-3-29(31)37-16-24-8-9-25(17-37)38(24)19-32-36-28-10-7-22(33(40)41)14-30(28)39(32)18-26-11-12-42-26/h1-7,10,13-14,24-26H,8-9,11-12,16-20H2,(H,40,41)/t24?,25?,26-/m0/s1. The topological polar surface area (TPSA) is 104 Å². The van der Waals surface area contributed by atoms with Crippen molar-refractivity contribution in [3.05, 3.63) is 89.0 Å². The molecular weight excluding hydrogens is 549 g/mol. The summed E-state index contributed by atoms with van der Waals surface area (Å²) in [5, 5.41) is 18.6. The van der Waals surface area contributed by atoms with Crippen LogP contribution in [0.15, 0.2) is 60.7 Å². The fourth-order valence-corrected chi connectivity index (χ4v) is 6.60. The van der Waals surface area contributed by atoms with Crippen LogP contribution in [-0.4, -0.2) is 63.4 Å². The van der Waals surface area contributed by atoms with Crippen LogP contribution in [0, 0.1) is 17.1 Å². The normalized spacial score (nSPS) is 21.5. The zero-order valence-electron chi connectivity index (χ0n) is 23.7. The molecule has 1 aromatic heterocycles. The number of carboxylic acid groups (broad SMARTS) is 1. The Balaban J connectivity index is 1.09. The first-order valence-electron chi connectivity index (χ1n) is 14.7. The van der Waals surface area contributed by atoms with Crippen molar-refractivity contribution in [3.8, 4) is 11.8 Å². The first-order valence-corrected chi connectivity index (χ1v) is 14.7. The van der Waals surface area contributed by atoms with Crippen LogP contribution in [0.25, 0.3) is 11.0 Å². The highest BCUT2D eigenvalue weighted by molar-refractivity contribution is 5.92. The number of ether oxygens (including phenoxy) is 2. The van der Waals surface area contributed by atoms with E-state index in [1.165, 1.54) is 6.07 Å². The Morgan fingerprint density at radius 2 is 1.88 bits per heavy atom. The summed E-state index contributed by atoms with van der Waals surface area (Å²) in [4.78, 5) is 21.6. The molecule has 0 saturated carbocycles. The highest BCUT2D eigenvalue weighted by atomic mass is 19.1. The summed E-state index contributed by atoms with van der Waals surface area (Å²) in [5.74, 6) is 0.246. The van der Waals surface area contributed by atoms with E-state index in [4.69, 9.17) is 19.7 Å². The molecule has 43 heavy (non-hydrogen) atoms. The van der Waals surface area contributed by atoms with E-state index in [1.54, 1.807) is 30.3 Å². The van der Waals surface area contributed by atoms with Gasteiger partial charge in [0.05, 0.1) is 53.1 Å². The molecule has 0 spiro atoms. The molecule has 3 atom stereocenters. The van der Waals surface area contributed by atoms with Gasteiger partial charge in [0.1, 0.15) is 24.0 Å². The number of para-hydroxylation sites is 2. The number of fused-ring (bicyclic) bond motifs is 3. The average Bonchev–Trinajstić information content (AvgIpc) is 3.44. The quantitative estimate of drug-likeness (QED) is 0.296. The third-order valence-corrected chi connectivity index (χ3v) is 8.98. The minimum atomic E-state index is -0.948. The fourth-order valence-electron chi connectivity index (χ4n) is 6.60. The van der Waals surface area contributed by atoms with Crippen LogP contribution in [0.3, 0.4) is 0 Å². The number of nitrogens with zero attached hydrogens (tertiary/aromatic N) is 5. The van der Waals surface area contributed by atoms with Gasteiger partial charge < -0.3 is 24.0 Å². The number of piperazine rings is 1. The van der Waals surface area contributed by atoms with Gasteiger partial charge in [-0.1, -0.05) is 18.2 Å². The van der Waals surface area contributed by atoms with Crippen molar-refractivity contribution >= 4 is 22.7 Å². The molecule has 10 heteroatoms. The lowest BCUT2D eigenvalue weighted by atomic mass is 10.1. The molecule has 2 bridgehead atoms. The number of carboxylic acids is 1. The number of nitriles is 1. The third-order valence-electron chi connectivity index (χ3n) is 8.98. The summed E-state index contributed by atoms with van der Waals surface area (Å²) in [5.41, 5.74) is 3.57. The van der Waals surface area contributed by atoms with Crippen LogP contribution in [-0.2, 0) is 24.4 Å². The van der Waals surface area contributed by atoms with E-state index in [9.17, 15) is 14.3 Å². The SMILES string of the molecule is N#Cc1ccc(COc2ccccc2N2CC3CCC(C2)N3Cc2nc3ccc(C(=O)O)cc3n2C[C@@H]2CCO2)c(F)c1. The van der Waals surface area contributed by atoms with Crippen LogP contribution in [0.2, 0.25) is 0 Å². The van der Waals surface area contributed by atoms with Gasteiger partial charge in [0.2, 0.25) is 0 Å². The van der Waals surface area contributed by atoms with Gasteiger partial charge in [0.25, 0.3) is 0 Å². The number of carbonyl (C=O) groups is 1. The van der Waals surface area contributed by atoms with Crippen molar-refractivity contribution in [1.29, 1.82) is 5.26 Å². The Labute approximate surface area is 248 Å². The minimum Gasteiger partial charge on any atom is -0.487 e. The maximum atomic E-state index is 14.5. The molecule has 9 nitrogen and oxygen atoms in total. The predicted octanol–water partition coefficient (Wildman–Crippen LogP) is 4.97. The van der Waals surface area contributed by atoms with Crippen LogP contribution >= 0.6 is 0 Å². The molecule has 4 heterocycles. The van der Waals surface area contributed by atoms with E-state index in [0.29, 0.717) is 36.5 Å². The van der Waals surface area contributed by atoms with Gasteiger partial charge >= 0.3 is 5.97 Å². The van der Waals surface area contributed by atoms with E-state index >= 15 is 0 Å². The monoisotopic (exact) mass is 581 g/mol. The van der Waals surface area contributed by atoms with Crippen molar-refractivity contribution in [1.82, 2.24) is 14.5 Å². The van der Waals surface area contributed by atoms with Gasteiger partial charge in [0.15, 0.2) is 0 Å². The lowest BCUT2D eigenvalue weighted by Gasteiger charge is -2.42. The number of aromatic nitrogens is 2. The Kier molecular flexibility index (Phi) is 7.21. The number of anilines is 1. The first-order chi connectivity index (χ1) is 21.0. The number of hydrogen-bond acceptors (Lipinski definition) is 7. The molecule has 7 rings (SSSR count). The summed E-state index contributed by atoms with van der Waals surface area (Å²) in [6.07, 6.45) is 3.26. The second-order valence-corrected chi connectivity index (χ2v) is 11.6. The van der Waals surface area contributed by atoms with Crippen molar-refractivity contribution in [3.63, 3.8) is 0 Å². The van der Waals surface area contributed by atoms with E-state index in [0.717, 1.165) is 61.5 Å². The van der Waals surface area contributed by atoms with E-state index < -0.39 is 11.8 Å². The number of hydrogen-bond donors (Lipinski definition) is 1. The predicted molar refractivity (Wildman–Crippen MR) is 158 cm³/mol. The number of aromatic carboxylic acids is 1. The van der Waals surface area contributed by atoms with Gasteiger partial charge in [0, 0.05) is 37.3 Å². The summed E-state index contributed by atoms with van der Waals surface area (Å²) in [6, 6.07) is 20.1. The third kappa shape index (κ3) is 5.31. The largest absolute Gasteiger partial charge is 0.487 e. The van der Waals surface area contributed by atoms with Gasteiger partial charge in [-0.2, -0.15) is 5.26 Å². The van der Waals surface area contributed by atoms with Gasteiger partial charge in [-0.25, -0.2) is 14.2 Å². The second kappa shape index (κ2) is 11.3. The van der Waals surface area contributed by atoms with Crippen LogP contribution in [0.5, 0.6) is 5.75 Å². The summed E-state index contributed by atoms with van der Waals surface area (Å²) in [6.45, 7) is 3.84. The zero-order valence-corrected chi connectivity index (χ0v) is 23.7. The molecule has 0 aliphatic carbocycles. The number of benzene rings is 3. The average molecular weight is 582 g/mol. The molecule has 0 radical (unpaired) electrons. The Morgan fingerprint density at radius 1 is 1.09 bits per heavy atom. The number of halogens is 1. The number of imidazole rings is 1. The summed E-state index contributed by atoms with van der Waals surface area (Å²) >= 11 is 0. The number of rotatable bonds is 9. The molecule has 2 unspecified atom stereocenters. The molecule has 3 aliphatic heterocycles. The smallest absolute Gasteiger partial charge is 0.335 e. The van der Waals surface area contributed by atoms with Crippen LogP contribution < -0.4 is 9.64 Å². The molecule has 3 saturated heterocycles. The molecule has 0 amide bonds. The highest BCUT2D eigenvalue weighted by Crippen LogP contribution is 2.38. The van der Waals surface area contributed by atoms with E-state index in [2.05, 4.69) is 20.4 Å². The first kappa shape index (κ1) is 27.4. The molecule has 220 valence electrons. The van der Waals surface area contributed by atoms with Crippen LogP contribution in [0.4, 0.5) is 10.1 Å². The highest BCUT2D eigenvalue weighted by Gasteiger charge is 2.41.